The van der Waals surface area contributed by atoms with Crippen molar-refractivity contribution in [2.75, 3.05) is 25.2 Å². The summed E-state index contributed by atoms with van der Waals surface area (Å²) in [5, 5.41) is 3.23. The number of aryl methyl sites for hydroxylation is 1. The lowest BCUT2D eigenvalue weighted by atomic mass is 10.2. The summed E-state index contributed by atoms with van der Waals surface area (Å²) < 4.78 is 29.2. The highest BCUT2D eigenvalue weighted by Crippen LogP contribution is 2.14. The largest absolute Gasteiger partial charge is 0.497 e. The number of sulfone groups is 1. The molecule has 1 atom stereocenters. The molecule has 1 aliphatic rings. The summed E-state index contributed by atoms with van der Waals surface area (Å²) in [6.07, 6.45) is 2.60. The number of ether oxygens (including phenoxy) is 1. The van der Waals surface area contributed by atoms with Crippen molar-refractivity contribution in [3.8, 4) is 5.75 Å². The Morgan fingerprint density at radius 2 is 2.26 bits per heavy atom. The smallest absolute Gasteiger partial charge is 0.152 e. The van der Waals surface area contributed by atoms with Crippen LogP contribution in [0.25, 0.3) is 0 Å². The van der Waals surface area contributed by atoms with Gasteiger partial charge in [0, 0.05) is 6.04 Å². The van der Waals surface area contributed by atoms with Crippen LogP contribution in [0.3, 0.4) is 0 Å². The zero-order valence-corrected chi connectivity index (χ0v) is 12.1. The molecule has 0 bridgehead atoms. The second kappa shape index (κ2) is 6.39. The molecule has 0 spiro atoms. The molecule has 1 aromatic carbocycles. The van der Waals surface area contributed by atoms with Crippen LogP contribution in [0.4, 0.5) is 0 Å². The summed E-state index contributed by atoms with van der Waals surface area (Å²) in [5.41, 5.74) is 1.00. The minimum Gasteiger partial charge on any atom is -0.497 e. The lowest BCUT2D eigenvalue weighted by molar-refractivity contribution is 0.414. The van der Waals surface area contributed by atoms with Crippen molar-refractivity contribution in [2.24, 2.45) is 0 Å². The van der Waals surface area contributed by atoms with Gasteiger partial charge < -0.3 is 10.1 Å². The van der Waals surface area contributed by atoms with Crippen molar-refractivity contribution in [1.29, 1.82) is 0 Å². The predicted octanol–water partition coefficient (Wildman–Crippen LogP) is 1.40. The van der Waals surface area contributed by atoms with E-state index in [-0.39, 0.29) is 17.5 Å². The molecule has 1 N–H and O–H groups in total. The molecule has 1 fully saturated rings. The second-order valence-electron chi connectivity index (χ2n) is 5.01. The average Bonchev–Trinajstić information content (AvgIpc) is 2.89. The van der Waals surface area contributed by atoms with Crippen LogP contribution in [0.2, 0.25) is 0 Å². The van der Waals surface area contributed by atoms with Gasteiger partial charge in [-0.25, -0.2) is 8.42 Å². The van der Waals surface area contributed by atoms with Crippen molar-refractivity contribution in [1.82, 2.24) is 5.32 Å². The van der Waals surface area contributed by atoms with Gasteiger partial charge in [0.15, 0.2) is 9.84 Å². The first kappa shape index (κ1) is 14.3. The Morgan fingerprint density at radius 1 is 1.42 bits per heavy atom. The van der Waals surface area contributed by atoms with Crippen LogP contribution >= 0.6 is 0 Å². The van der Waals surface area contributed by atoms with Gasteiger partial charge in [0.25, 0.3) is 0 Å². The van der Waals surface area contributed by atoms with Crippen molar-refractivity contribution >= 4 is 9.84 Å². The highest BCUT2D eigenvalue weighted by atomic mass is 32.2. The van der Waals surface area contributed by atoms with E-state index in [4.69, 9.17) is 4.74 Å². The maximum Gasteiger partial charge on any atom is 0.152 e. The SMILES string of the molecule is COc1cccc(CCS(=O)(=O)CC2CCCN2)c1. The molecule has 0 amide bonds. The monoisotopic (exact) mass is 283 g/mol. The third-order valence-electron chi connectivity index (χ3n) is 3.45. The van der Waals surface area contributed by atoms with Crippen LogP contribution in [0.15, 0.2) is 24.3 Å². The third-order valence-corrected chi connectivity index (χ3v) is 5.19. The van der Waals surface area contributed by atoms with Crippen LogP contribution in [0.5, 0.6) is 5.75 Å². The minimum absolute atomic E-state index is 0.148. The Hall–Kier alpha value is -1.07. The van der Waals surface area contributed by atoms with E-state index in [1.807, 2.05) is 24.3 Å². The van der Waals surface area contributed by atoms with Gasteiger partial charge in [-0.05, 0) is 43.5 Å². The van der Waals surface area contributed by atoms with Crippen LogP contribution in [-0.2, 0) is 16.3 Å². The molecule has 19 heavy (non-hydrogen) atoms. The summed E-state index contributed by atoms with van der Waals surface area (Å²) in [4.78, 5) is 0. The van der Waals surface area contributed by atoms with Gasteiger partial charge in [-0.15, -0.1) is 0 Å². The summed E-state index contributed by atoms with van der Waals surface area (Å²) in [7, 11) is -1.37. The molecular formula is C14H21NO3S. The average molecular weight is 283 g/mol. The number of rotatable bonds is 6. The predicted molar refractivity (Wildman–Crippen MR) is 76.4 cm³/mol. The first-order valence-corrected chi connectivity index (χ1v) is 8.48. The first-order valence-electron chi connectivity index (χ1n) is 6.66. The van der Waals surface area contributed by atoms with Crippen molar-refractivity contribution in [3.05, 3.63) is 29.8 Å². The van der Waals surface area contributed by atoms with Crippen molar-refractivity contribution in [3.63, 3.8) is 0 Å². The molecule has 0 saturated carbocycles. The summed E-state index contributed by atoms with van der Waals surface area (Å²) in [6.45, 7) is 0.941. The van der Waals surface area contributed by atoms with E-state index in [2.05, 4.69) is 5.32 Å². The van der Waals surface area contributed by atoms with E-state index in [1.54, 1.807) is 7.11 Å². The Balaban J connectivity index is 1.89. The molecule has 1 heterocycles. The van der Waals surface area contributed by atoms with Crippen molar-refractivity contribution < 1.29 is 13.2 Å². The topological polar surface area (TPSA) is 55.4 Å². The number of nitrogens with one attached hydrogen (secondary N) is 1. The summed E-state index contributed by atoms with van der Waals surface area (Å²) in [5.74, 6) is 1.24. The number of benzene rings is 1. The van der Waals surface area contributed by atoms with Crippen LogP contribution in [-0.4, -0.2) is 39.6 Å². The van der Waals surface area contributed by atoms with E-state index in [1.165, 1.54) is 0 Å². The van der Waals surface area contributed by atoms with Gasteiger partial charge in [-0.3, -0.25) is 0 Å². The normalized spacial score (nSPS) is 19.5. The first-order chi connectivity index (χ1) is 9.09. The van der Waals surface area contributed by atoms with Gasteiger partial charge >= 0.3 is 0 Å². The van der Waals surface area contributed by atoms with Crippen LogP contribution in [0.1, 0.15) is 18.4 Å². The molecule has 1 saturated heterocycles. The molecule has 2 rings (SSSR count). The number of hydrogen-bond acceptors (Lipinski definition) is 4. The Labute approximate surface area is 115 Å². The fraction of sp³-hybridized carbons (Fsp3) is 0.571. The highest BCUT2D eigenvalue weighted by molar-refractivity contribution is 7.91. The van der Waals surface area contributed by atoms with Gasteiger partial charge in [0.1, 0.15) is 5.75 Å². The van der Waals surface area contributed by atoms with Crippen LogP contribution in [0, 0.1) is 0 Å². The molecule has 1 aliphatic heterocycles. The standard InChI is InChI=1S/C14H21NO3S/c1-18-14-6-2-4-12(10-14)7-9-19(16,17)11-13-5-3-8-15-13/h2,4,6,10,13,15H,3,5,7-9,11H2,1H3. The van der Waals surface area contributed by atoms with Gasteiger partial charge in [-0.1, -0.05) is 12.1 Å². The lowest BCUT2D eigenvalue weighted by Crippen LogP contribution is -2.31. The fourth-order valence-corrected chi connectivity index (χ4v) is 4.00. The van der Waals surface area contributed by atoms with Gasteiger partial charge in [0.2, 0.25) is 0 Å². The minimum atomic E-state index is -2.99. The molecule has 0 aromatic heterocycles. The Kier molecular flexibility index (Phi) is 4.82. The second-order valence-corrected chi connectivity index (χ2v) is 7.24. The van der Waals surface area contributed by atoms with Gasteiger partial charge in [-0.2, -0.15) is 0 Å². The van der Waals surface area contributed by atoms with Gasteiger partial charge in [0.05, 0.1) is 18.6 Å². The maximum absolute atomic E-state index is 12.0. The maximum atomic E-state index is 12.0. The van der Waals surface area contributed by atoms with Crippen molar-refractivity contribution in [2.45, 2.75) is 25.3 Å². The molecule has 1 unspecified atom stereocenters. The highest BCUT2D eigenvalue weighted by Gasteiger charge is 2.21. The van der Waals surface area contributed by atoms with E-state index in [0.29, 0.717) is 6.42 Å². The third kappa shape index (κ3) is 4.51. The van der Waals surface area contributed by atoms with E-state index >= 15 is 0 Å². The summed E-state index contributed by atoms with van der Waals surface area (Å²) in [6, 6.07) is 7.73. The van der Waals surface area contributed by atoms with E-state index in [9.17, 15) is 8.42 Å². The van der Waals surface area contributed by atoms with E-state index in [0.717, 1.165) is 30.7 Å². The number of hydrogen-bond donors (Lipinski definition) is 1. The molecule has 106 valence electrons. The molecular weight excluding hydrogens is 262 g/mol. The molecule has 1 aromatic rings. The zero-order chi connectivity index (χ0) is 13.7. The Bertz CT molecular complexity index is 507. The fourth-order valence-electron chi connectivity index (χ4n) is 2.39. The summed E-state index contributed by atoms with van der Waals surface area (Å²) >= 11 is 0. The molecule has 0 radical (unpaired) electrons. The Morgan fingerprint density at radius 3 is 2.95 bits per heavy atom. The van der Waals surface area contributed by atoms with E-state index < -0.39 is 9.84 Å². The quantitative estimate of drug-likeness (QED) is 0.857. The lowest BCUT2D eigenvalue weighted by Gasteiger charge is -2.11. The molecule has 0 aliphatic carbocycles. The zero-order valence-electron chi connectivity index (χ0n) is 11.3. The number of methoxy groups -OCH3 is 1. The van der Waals surface area contributed by atoms with Crippen LogP contribution < -0.4 is 10.1 Å². The molecule has 4 nitrogen and oxygen atoms in total. The molecule has 5 heteroatoms.